The van der Waals surface area contributed by atoms with Gasteiger partial charge >= 0.3 is 0 Å². The Kier molecular flexibility index (Phi) is 3.95. The van der Waals surface area contributed by atoms with E-state index in [1.807, 2.05) is 6.20 Å². The zero-order valence-electron chi connectivity index (χ0n) is 13.8. The number of nitrogens with zero attached hydrogens (tertiary/aromatic N) is 2. The predicted molar refractivity (Wildman–Crippen MR) is 97.1 cm³/mol. The molecule has 4 rings (SSSR count). The first-order chi connectivity index (χ1) is 11.8. The molecule has 4 nitrogen and oxygen atoms in total. The molecule has 2 aliphatic heterocycles. The van der Waals surface area contributed by atoms with E-state index >= 15 is 0 Å². The first kappa shape index (κ1) is 15.2. The highest BCUT2D eigenvalue weighted by Crippen LogP contribution is 2.34. The molecule has 1 fully saturated rings. The highest BCUT2D eigenvalue weighted by molar-refractivity contribution is 5.96. The monoisotopic (exact) mass is 319 g/mol. The minimum absolute atomic E-state index is 0.0259. The summed E-state index contributed by atoms with van der Waals surface area (Å²) in [6, 6.07) is 14.7. The van der Waals surface area contributed by atoms with E-state index in [9.17, 15) is 4.79 Å². The minimum Gasteiger partial charge on any atom is -0.354 e. The Labute approximate surface area is 142 Å². The number of rotatable bonds is 2. The average molecular weight is 319 g/mol. The fraction of sp³-hybridized carbons (Fsp3) is 0.300. The van der Waals surface area contributed by atoms with E-state index in [1.54, 1.807) is 0 Å². The summed E-state index contributed by atoms with van der Waals surface area (Å²) >= 11 is 0. The summed E-state index contributed by atoms with van der Waals surface area (Å²) < 4.78 is 0. The van der Waals surface area contributed by atoms with Crippen molar-refractivity contribution < 1.29 is 4.79 Å². The van der Waals surface area contributed by atoms with Gasteiger partial charge in [0.05, 0.1) is 6.04 Å². The van der Waals surface area contributed by atoms with Crippen LogP contribution in [0.1, 0.15) is 5.56 Å². The number of fused-ring (bicyclic) bond motifs is 1. The second-order valence-corrected chi connectivity index (χ2v) is 6.53. The van der Waals surface area contributed by atoms with Gasteiger partial charge in [-0.15, -0.1) is 0 Å². The van der Waals surface area contributed by atoms with Crippen molar-refractivity contribution in [2.45, 2.75) is 6.04 Å². The van der Waals surface area contributed by atoms with Crippen LogP contribution in [0.5, 0.6) is 0 Å². The van der Waals surface area contributed by atoms with Crippen LogP contribution in [0.3, 0.4) is 0 Å². The lowest BCUT2D eigenvalue weighted by Gasteiger charge is -2.37. The number of hydrogen-bond donors (Lipinski definition) is 1. The number of nitrogens with one attached hydrogen (secondary N) is 1. The third kappa shape index (κ3) is 2.55. The Morgan fingerprint density at radius 2 is 1.79 bits per heavy atom. The normalized spacial score (nSPS) is 22.3. The minimum atomic E-state index is -0.0259. The van der Waals surface area contributed by atoms with Gasteiger partial charge in [0, 0.05) is 32.4 Å². The molecule has 0 aliphatic carbocycles. The third-order valence-corrected chi connectivity index (χ3v) is 5.06. The molecule has 0 radical (unpaired) electrons. The van der Waals surface area contributed by atoms with E-state index < -0.39 is 0 Å². The van der Waals surface area contributed by atoms with E-state index in [1.165, 1.54) is 16.3 Å². The molecule has 2 aromatic rings. The van der Waals surface area contributed by atoms with Crippen molar-refractivity contribution in [3.8, 4) is 0 Å². The van der Waals surface area contributed by atoms with Crippen LogP contribution in [-0.2, 0) is 4.79 Å². The van der Waals surface area contributed by atoms with Crippen molar-refractivity contribution >= 4 is 22.3 Å². The molecule has 1 atom stereocenters. The molecule has 4 heteroatoms. The molecule has 0 amide bonds. The van der Waals surface area contributed by atoms with Crippen LogP contribution >= 0.6 is 0 Å². The molecule has 2 aliphatic rings. The standard InChI is InChI=1S/C20H21N3O/c1-22-9-11-23(12-10-22)20-18(13-21-19(20)14-24)17-8-4-6-15-5-2-3-7-16(15)17/h2-8,13,20-21H,9-12H2,1H3. The SMILES string of the molecule is CN1CCN(C2C(=C=O)NC=C2c2cccc3ccccc23)CC1. The van der Waals surface area contributed by atoms with Gasteiger partial charge in [-0.25, -0.2) is 4.79 Å². The fourth-order valence-electron chi connectivity index (χ4n) is 3.72. The number of benzene rings is 2. The number of piperazine rings is 1. The van der Waals surface area contributed by atoms with Crippen molar-refractivity contribution in [1.82, 2.24) is 15.1 Å². The highest BCUT2D eigenvalue weighted by atomic mass is 16.1. The van der Waals surface area contributed by atoms with Crippen LogP contribution in [0.25, 0.3) is 16.3 Å². The van der Waals surface area contributed by atoms with Crippen molar-refractivity contribution in [2.24, 2.45) is 0 Å². The summed E-state index contributed by atoms with van der Waals surface area (Å²) in [4.78, 5) is 16.2. The molecule has 1 N–H and O–H groups in total. The molecule has 1 unspecified atom stereocenters. The van der Waals surface area contributed by atoms with E-state index in [0.717, 1.165) is 31.8 Å². The van der Waals surface area contributed by atoms with Crippen LogP contribution in [0.4, 0.5) is 0 Å². The summed E-state index contributed by atoms with van der Waals surface area (Å²) in [6.07, 6.45) is 1.98. The van der Waals surface area contributed by atoms with Gasteiger partial charge in [0.2, 0.25) is 0 Å². The second-order valence-electron chi connectivity index (χ2n) is 6.53. The first-order valence-electron chi connectivity index (χ1n) is 8.40. The predicted octanol–water partition coefficient (Wildman–Crippen LogP) is 2.12. The topological polar surface area (TPSA) is 35.6 Å². The molecule has 0 saturated carbocycles. The Morgan fingerprint density at radius 3 is 2.58 bits per heavy atom. The maximum Gasteiger partial charge on any atom is 0.147 e. The van der Waals surface area contributed by atoms with Gasteiger partial charge in [0.15, 0.2) is 0 Å². The quantitative estimate of drug-likeness (QED) is 0.860. The number of carbonyl (C=O) groups excluding carboxylic acids is 1. The Bertz CT molecular complexity index is 838. The second kappa shape index (κ2) is 6.25. The lowest BCUT2D eigenvalue weighted by atomic mass is 9.93. The number of likely N-dealkylation sites (N-methyl/N-ethyl adjacent to an activating group) is 1. The molecule has 2 aromatic carbocycles. The molecule has 0 spiro atoms. The van der Waals surface area contributed by atoms with Crippen LogP contribution in [-0.4, -0.2) is 55.0 Å². The Hall–Kier alpha value is -2.39. The van der Waals surface area contributed by atoms with Crippen molar-refractivity contribution in [2.75, 3.05) is 33.2 Å². The molecular weight excluding hydrogens is 298 g/mol. The average Bonchev–Trinajstić information content (AvgIpc) is 3.05. The fourth-order valence-corrected chi connectivity index (χ4v) is 3.72. The van der Waals surface area contributed by atoms with Gasteiger partial charge in [0.1, 0.15) is 11.6 Å². The lowest BCUT2D eigenvalue weighted by molar-refractivity contribution is 0.145. The summed E-state index contributed by atoms with van der Waals surface area (Å²) in [5.74, 6) is 2.12. The maximum absolute atomic E-state index is 11.5. The Balaban J connectivity index is 1.77. The smallest absolute Gasteiger partial charge is 0.147 e. The van der Waals surface area contributed by atoms with Crippen LogP contribution in [0, 0.1) is 0 Å². The highest BCUT2D eigenvalue weighted by Gasteiger charge is 2.34. The van der Waals surface area contributed by atoms with Gasteiger partial charge < -0.3 is 10.2 Å². The van der Waals surface area contributed by atoms with Crippen LogP contribution < -0.4 is 5.32 Å². The van der Waals surface area contributed by atoms with Gasteiger partial charge in [-0.1, -0.05) is 42.5 Å². The van der Waals surface area contributed by atoms with Crippen molar-refractivity contribution in [3.63, 3.8) is 0 Å². The summed E-state index contributed by atoms with van der Waals surface area (Å²) in [5.41, 5.74) is 2.98. The molecule has 24 heavy (non-hydrogen) atoms. The zero-order valence-corrected chi connectivity index (χ0v) is 13.8. The van der Waals surface area contributed by atoms with Crippen LogP contribution in [0.2, 0.25) is 0 Å². The van der Waals surface area contributed by atoms with Gasteiger partial charge in [-0.3, -0.25) is 4.90 Å². The van der Waals surface area contributed by atoms with E-state index in [2.05, 4.69) is 70.6 Å². The van der Waals surface area contributed by atoms with Crippen molar-refractivity contribution in [3.05, 3.63) is 59.9 Å². The summed E-state index contributed by atoms with van der Waals surface area (Å²) in [7, 11) is 2.14. The van der Waals surface area contributed by atoms with Gasteiger partial charge in [0.25, 0.3) is 0 Å². The van der Waals surface area contributed by atoms with E-state index in [-0.39, 0.29) is 6.04 Å². The molecule has 122 valence electrons. The molecular formula is C20H21N3O. The van der Waals surface area contributed by atoms with Crippen molar-refractivity contribution in [1.29, 1.82) is 0 Å². The van der Waals surface area contributed by atoms with Crippen LogP contribution in [0.15, 0.2) is 54.4 Å². The first-order valence-corrected chi connectivity index (χ1v) is 8.40. The zero-order chi connectivity index (χ0) is 16.5. The van der Waals surface area contributed by atoms with Gasteiger partial charge in [-0.05, 0) is 29.0 Å². The summed E-state index contributed by atoms with van der Waals surface area (Å²) in [6.45, 7) is 3.95. The van der Waals surface area contributed by atoms with E-state index in [4.69, 9.17) is 0 Å². The lowest BCUT2D eigenvalue weighted by Crippen LogP contribution is -2.49. The molecule has 0 aromatic heterocycles. The molecule has 0 bridgehead atoms. The molecule has 2 heterocycles. The number of hydrogen-bond acceptors (Lipinski definition) is 4. The maximum atomic E-state index is 11.5. The third-order valence-electron chi connectivity index (χ3n) is 5.06. The molecule has 1 saturated heterocycles. The van der Waals surface area contributed by atoms with E-state index in [0.29, 0.717) is 5.70 Å². The largest absolute Gasteiger partial charge is 0.354 e. The summed E-state index contributed by atoms with van der Waals surface area (Å²) in [5, 5.41) is 5.59. The van der Waals surface area contributed by atoms with Gasteiger partial charge in [-0.2, -0.15) is 0 Å². The Morgan fingerprint density at radius 1 is 1.04 bits per heavy atom.